The van der Waals surface area contributed by atoms with Crippen LogP contribution in [0, 0.1) is 5.92 Å². The third-order valence-corrected chi connectivity index (χ3v) is 2.65. The number of halogens is 6. The molecule has 0 atom stereocenters. The zero-order valence-electron chi connectivity index (χ0n) is 11.5. The molecular formula is C12H18F6O2. The molecule has 0 unspecified atom stereocenters. The van der Waals surface area contributed by atoms with E-state index >= 15 is 0 Å². The van der Waals surface area contributed by atoms with Crippen LogP contribution in [0.2, 0.25) is 0 Å². The normalized spacial score (nSPS) is 13.7. The molecule has 0 amide bonds. The largest absolute Gasteiger partial charge is 0.459 e. The fourth-order valence-electron chi connectivity index (χ4n) is 1.64. The van der Waals surface area contributed by atoms with Gasteiger partial charge in [0.2, 0.25) is 5.92 Å². The SMILES string of the molecule is CCCCCC(C)(C)OC(=O)C(C(F)(F)F)C(F)(F)F. The van der Waals surface area contributed by atoms with E-state index in [1.807, 2.05) is 6.92 Å². The van der Waals surface area contributed by atoms with Crippen molar-refractivity contribution < 1.29 is 35.9 Å². The van der Waals surface area contributed by atoms with E-state index in [0.717, 1.165) is 12.8 Å². The first-order valence-corrected chi connectivity index (χ1v) is 6.17. The van der Waals surface area contributed by atoms with Crippen LogP contribution in [-0.2, 0) is 9.53 Å². The van der Waals surface area contributed by atoms with Crippen molar-refractivity contribution in [2.45, 2.75) is 64.4 Å². The predicted octanol–water partition coefficient (Wildman–Crippen LogP) is 4.63. The van der Waals surface area contributed by atoms with E-state index in [9.17, 15) is 31.1 Å². The van der Waals surface area contributed by atoms with Gasteiger partial charge in [0, 0.05) is 0 Å². The van der Waals surface area contributed by atoms with Gasteiger partial charge >= 0.3 is 18.3 Å². The monoisotopic (exact) mass is 308 g/mol. The first-order chi connectivity index (χ1) is 8.81. The van der Waals surface area contributed by atoms with Crippen molar-refractivity contribution in [3.8, 4) is 0 Å². The fourth-order valence-corrected chi connectivity index (χ4v) is 1.64. The Bertz CT molecular complexity index is 305. The number of alkyl halides is 6. The molecule has 2 nitrogen and oxygen atoms in total. The standard InChI is InChI=1S/C12H18F6O2/c1-4-5-6-7-10(2,3)20-9(19)8(11(13,14)15)12(16,17)18/h8H,4-7H2,1-3H3. The Balaban J connectivity index is 4.86. The van der Waals surface area contributed by atoms with Crippen molar-refractivity contribution in [3.05, 3.63) is 0 Å². The lowest BCUT2D eigenvalue weighted by molar-refractivity contribution is -0.285. The number of carbonyl (C=O) groups is 1. The van der Waals surface area contributed by atoms with Crippen molar-refractivity contribution in [1.82, 2.24) is 0 Å². The Kier molecular flexibility index (Phi) is 6.35. The predicted molar refractivity (Wildman–Crippen MR) is 59.9 cm³/mol. The minimum Gasteiger partial charge on any atom is -0.459 e. The maximum Gasteiger partial charge on any atom is 0.411 e. The van der Waals surface area contributed by atoms with Crippen LogP contribution in [0.5, 0.6) is 0 Å². The van der Waals surface area contributed by atoms with E-state index in [4.69, 9.17) is 0 Å². The highest BCUT2D eigenvalue weighted by atomic mass is 19.4. The molecule has 0 aliphatic heterocycles. The second-order valence-corrected chi connectivity index (χ2v) is 5.15. The van der Waals surface area contributed by atoms with Gasteiger partial charge in [0.1, 0.15) is 5.60 Å². The fraction of sp³-hybridized carbons (Fsp3) is 0.917. The quantitative estimate of drug-likeness (QED) is 0.406. The molecule has 0 aliphatic carbocycles. The molecule has 0 N–H and O–H groups in total. The minimum absolute atomic E-state index is 0.203. The van der Waals surface area contributed by atoms with Crippen molar-refractivity contribution in [2.24, 2.45) is 5.92 Å². The third-order valence-electron chi connectivity index (χ3n) is 2.65. The van der Waals surface area contributed by atoms with Gasteiger partial charge in [0.05, 0.1) is 0 Å². The number of esters is 1. The van der Waals surface area contributed by atoms with Crippen LogP contribution >= 0.6 is 0 Å². The topological polar surface area (TPSA) is 26.3 Å². The lowest BCUT2D eigenvalue weighted by Crippen LogP contribution is -2.45. The van der Waals surface area contributed by atoms with Gasteiger partial charge in [-0.25, -0.2) is 0 Å². The van der Waals surface area contributed by atoms with Crippen LogP contribution in [0.15, 0.2) is 0 Å². The lowest BCUT2D eigenvalue weighted by atomic mass is 10.00. The average molecular weight is 308 g/mol. The Morgan fingerprint density at radius 2 is 1.45 bits per heavy atom. The number of hydrogen-bond acceptors (Lipinski definition) is 2. The van der Waals surface area contributed by atoms with Gasteiger partial charge in [0.15, 0.2) is 0 Å². The smallest absolute Gasteiger partial charge is 0.411 e. The molecule has 0 radical (unpaired) electrons. The molecule has 0 fully saturated rings. The summed E-state index contributed by atoms with van der Waals surface area (Å²) < 4.78 is 78.4. The summed E-state index contributed by atoms with van der Waals surface area (Å²) in [5.41, 5.74) is -1.36. The highest BCUT2D eigenvalue weighted by Crippen LogP contribution is 2.40. The van der Waals surface area contributed by atoms with E-state index in [1.165, 1.54) is 13.8 Å². The van der Waals surface area contributed by atoms with Gasteiger partial charge in [-0.3, -0.25) is 4.79 Å². The van der Waals surface area contributed by atoms with E-state index in [1.54, 1.807) is 0 Å². The first kappa shape index (κ1) is 19.1. The molecule has 0 aromatic carbocycles. The van der Waals surface area contributed by atoms with E-state index < -0.39 is 29.8 Å². The van der Waals surface area contributed by atoms with E-state index in [2.05, 4.69) is 4.74 Å². The Hall–Kier alpha value is -0.950. The van der Waals surface area contributed by atoms with Crippen LogP contribution in [0.3, 0.4) is 0 Å². The van der Waals surface area contributed by atoms with Crippen LogP contribution in [0.25, 0.3) is 0 Å². The molecule has 0 saturated carbocycles. The number of hydrogen-bond donors (Lipinski definition) is 0. The first-order valence-electron chi connectivity index (χ1n) is 6.17. The average Bonchev–Trinajstić information content (AvgIpc) is 2.10. The molecule has 0 aromatic rings. The molecule has 0 rings (SSSR count). The van der Waals surface area contributed by atoms with Crippen LogP contribution < -0.4 is 0 Å². The van der Waals surface area contributed by atoms with E-state index in [0.29, 0.717) is 6.42 Å². The van der Waals surface area contributed by atoms with Crippen molar-refractivity contribution >= 4 is 5.97 Å². The molecule has 0 aromatic heterocycles. The van der Waals surface area contributed by atoms with E-state index in [-0.39, 0.29) is 6.42 Å². The Morgan fingerprint density at radius 3 is 1.80 bits per heavy atom. The minimum atomic E-state index is -5.71. The van der Waals surface area contributed by atoms with Crippen LogP contribution in [0.4, 0.5) is 26.3 Å². The van der Waals surface area contributed by atoms with Gasteiger partial charge in [-0.2, -0.15) is 26.3 Å². The highest BCUT2D eigenvalue weighted by molar-refractivity contribution is 5.74. The summed E-state index contributed by atoms with van der Waals surface area (Å²) in [7, 11) is 0. The maximum atomic E-state index is 12.3. The van der Waals surface area contributed by atoms with Gasteiger partial charge in [-0.15, -0.1) is 0 Å². The van der Waals surface area contributed by atoms with Gasteiger partial charge in [-0.05, 0) is 26.7 Å². The second-order valence-electron chi connectivity index (χ2n) is 5.15. The molecule has 0 aliphatic rings. The van der Waals surface area contributed by atoms with Crippen LogP contribution in [-0.4, -0.2) is 23.9 Å². The van der Waals surface area contributed by atoms with Gasteiger partial charge < -0.3 is 4.74 Å². The zero-order valence-corrected chi connectivity index (χ0v) is 11.5. The number of unbranched alkanes of at least 4 members (excludes halogenated alkanes) is 2. The zero-order chi connectivity index (χ0) is 16.2. The number of rotatable bonds is 6. The van der Waals surface area contributed by atoms with Crippen molar-refractivity contribution in [2.75, 3.05) is 0 Å². The summed E-state index contributed by atoms with van der Waals surface area (Å²) in [5, 5.41) is 0. The summed E-state index contributed by atoms with van der Waals surface area (Å²) in [6.45, 7) is 4.48. The molecule has 0 heterocycles. The van der Waals surface area contributed by atoms with Crippen molar-refractivity contribution in [1.29, 1.82) is 0 Å². The molecule has 0 spiro atoms. The Labute approximate surface area is 113 Å². The summed E-state index contributed by atoms with van der Waals surface area (Å²) in [4.78, 5) is 11.2. The molecule has 0 saturated heterocycles. The molecule has 120 valence electrons. The highest BCUT2D eigenvalue weighted by Gasteiger charge is 2.62. The maximum absolute atomic E-state index is 12.3. The summed E-state index contributed by atoms with van der Waals surface area (Å²) in [6.07, 6.45) is -9.08. The van der Waals surface area contributed by atoms with Gasteiger partial charge in [-0.1, -0.05) is 19.8 Å². The molecule has 0 bridgehead atoms. The Morgan fingerprint density at radius 1 is 1.00 bits per heavy atom. The second kappa shape index (κ2) is 6.67. The summed E-state index contributed by atoms with van der Waals surface area (Å²) in [6, 6.07) is 0. The lowest BCUT2D eigenvalue weighted by Gasteiger charge is -2.29. The molecule has 8 heteroatoms. The number of ether oxygens (including phenoxy) is 1. The van der Waals surface area contributed by atoms with Gasteiger partial charge in [0.25, 0.3) is 0 Å². The number of carbonyl (C=O) groups excluding carboxylic acids is 1. The molecule has 20 heavy (non-hydrogen) atoms. The molecular weight excluding hydrogens is 290 g/mol. The third kappa shape index (κ3) is 6.47. The summed E-state index contributed by atoms with van der Waals surface area (Å²) in [5.74, 6) is -6.40. The van der Waals surface area contributed by atoms with Crippen LogP contribution in [0.1, 0.15) is 46.5 Å². The summed E-state index contributed by atoms with van der Waals surface area (Å²) >= 11 is 0. The van der Waals surface area contributed by atoms with Crippen molar-refractivity contribution in [3.63, 3.8) is 0 Å².